The van der Waals surface area contributed by atoms with Crippen LogP contribution in [0.5, 0.6) is 0 Å². The van der Waals surface area contributed by atoms with E-state index in [0.717, 1.165) is 12.3 Å². The van der Waals surface area contributed by atoms with Crippen molar-refractivity contribution in [2.24, 2.45) is 0 Å². The van der Waals surface area contributed by atoms with Gasteiger partial charge in [0.25, 0.3) is 0 Å². The van der Waals surface area contributed by atoms with Crippen LogP contribution in [0.25, 0.3) is 0 Å². The molecular weight excluding hydrogens is 226 g/mol. The number of halogens is 1. The van der Waals surface area contributed by atoms with Gasteiger partial charge in [0, 0.05) is 23.4 Å². The SMILES string of the molecule is CCCCCCC(CCCl)c1nccs1. The highest BCUT2D eigenvalue weighted by Crippen LogP contribution is 2.27. The van der Waals surface area contributed by atoms with Gasteiger partial charge in [-0.1, -0.05) is 32.6 Å². The minimum Gasteiger partial charge on any atom is -0.249 e. The number of nitrogens with zero attached hydrogens (tertiary/aromatic N) is 1. The van der Waals surface area contributed by atoms with Gasteiger partial charge in [0.15, 0.2) is 0 Å². The quantitative estimate of drug-likeness (QED) is 0.472. The van der Waals surface area contributed by atoms with Gasteiger partial charge in [0.1, 0.15) is 0 Å². The first-order valence-corrected chi connectivity index (χ1v) is 7.25. The van der Waals surface area contributed by atoms with Crippen molar-refractivity contribution in [2.75, 3.05) is 5.88 Å². The summed E-state index contributed by atoms with van der Waals surface area (Å²) in [6, 6.07) is 0. The molecule has 86 valence electrons. The summed E-state index contributed by atoms with van der Waals surface area (Å²) >= 11 is 7.60. The molecule has 0 saturated carbocycles. The highest BCUT2D eigenvalue weighted by atomic mass is 35.5. The van der Waals surface area contributed by atoms with Crippen molar-refractivity contribution in [3.63, 3.8) is 0 Å². The zero-order valence-electron chi connectivity index (χ0n) is 9.42. The molecule has 0 spiro atoms. The summed E-state index contributed by atoms with van der Waals surface area (Å²) in [7, 11) is 0. The standard InChI is InChI=1S/C12H20ClNS/c1-2-3-4-5-6-11(7-8-13)12-14-9-10-15-12/h9-11H,2-8H2,1H3. The van der Waals surface area contributed by atoms with Crippen LogP contribution in [0.2, 0.25) is 0 Å². The van der Waals surface area contributed by atoms with Gasteiger partial charge >= 0.3 is 0 Å². The lowest BCUT2D eigenvalue weighted by Crippen LogP contribution is -1.99. The summed E-state index contributed by atoms with van der Waals surface area (Å²) in [6.45, 7) is 2.25. The molecule has 1 unspecified atom stereocenters. The number of rotatable bonds is 8. The third kappa shape index (κ3) is 4.98. The molecule has 1 heterocycles. The second kappa shape index (κ2) is 8.12. The largest absolute Gasteiger partial charge is 0.249 e. The van der Waals surface area contributed by atoms with Gasteiger partial charge in [-0.05, 0) is 12.8 Å². The Kier molecular flexibility index (Phi) is 7.03. The van der Waals surface area contributed by atoms with Crippen molar-refractivity contribution in [2.45, 2.75) is 51.4 Å². The van der Waals surface area contributed by atoms with Crippen LogP contribution < -0.4 is 0 Å². The first-order valence-electron chi connectivity index (χ1n) is 5.83. The monoisotopic (exact) mass is 245 g/mol. The van der Waals surface area contributed by atoms with Crippen LogP contribution in [-0.4, -0.2) is 10.9 Å². The molecule has 1 aromatic rings. The van der Waals surface area contributed by atoms with Gasteiger partial charge in [0.2, 0.25) is 0 Å². The summed E-state index contributed by atoms with van der Waals surface area (Å²) in [4.78, 5) is 4.39. The lowest BCUT2D eigenvalue weighted by atomic mass is 9.99. The minimum absolute atomic E-state index is 0.597. The molecule has 1 rings (SSSR count). The van der Waals surface area contributed by atoms with Crippen molar-refractivity contribution >= 4 is 22.9 Å². The van der Waals surface area contributed by atoms with Crippen LogP contribution in [0, 0.1) is 0 Å². The van der Waals surface area contributed by atoms with Crippen LogP contribution in [-0.2, 0) is 0 Å². The van der Waals surface area contributed by atoms with Gasteiger partial charge in [-0.3, -0.25) is 0 Å². The van der Waals surface area contributed by atoms with Crippen molar-refractivity contribution in [3.8, 4) is 0 Å². The molecule has 0 saturated heterocycles. The molecule has 1 atom stereocenters. The molecule has 3 heteroatoms. The second-order valence-electron chi connectivity index (χ2n) is 3.89. The Morgan fingerprint density at radius 1 is 1.33 bits per heavy atom. The highest BCUT2D eigenvalue weighted by Gasteiger charge is 2.12. The van der Waals surface area contributed by atoms with E-state index in [-0.39, 0.29) is 0 Å². The Bertz CT molecular complexity index is 236. The fourth-order valence-electron chi connectivity index (χ4n) is 1.78. The van der Waals surface area contributed by atoms with Crippen molar-refractivity contribution in [1.82, 2.24) is 4.98 Å². The molecule has 0 amide bonds. The van der Waals surface area contributed by atoms with Crippen LogP contribution >= 0.6 is 22.9 Å². The topological polar surface area (TPSA) is 12.9 Å². The Morgan fingerprint density at radius 2 is 2.20 bits per heavy atom. The summed E-state index contributed by atoms with van der Waals surface area (Å²) in [6.07, 6.45) is 9.53. The number of hydrogen-bond acceptors (Lipinski definition) is 2. The molecule has 0 aliphatic heterocycles. The lowest BCUT2D eigenvalue weighted by molar-refractivity contribution is 0.542. The number of unbranched alkanes of at least 4 members (excludes halogenated alkanes) is 3. The second-order valence-corrected chi connectivity index (χ2v) is 5.20. The molecule has 0 aliphatic carbocycles. The first kappa shape index (κ1) is 13.0. The maximum Gasteiger partial charge on any atom is 0.0956 e. The molecule has 0 aromatic carbocycles. The van der Waals surface area contributed by atoms with E-state index in [4.69, 9.17) is 11.6 Å². The maximum atomic E-state index is 5.83. The van der Waals surface area contributed by atoms with Crippen molar-refractivity contribution in [1.29, 1.82) is 0 Å². The highest BCUT2D eigenvalue weighted by molar-refractivity contribution is 7.09. The third-order valence-electron chi connectivity index (χ3n) is 2.66. The zero-order chi connectivity index (χ0) is 10.9. The molecule has 15 heavy (non-hydrogen) atoms. The third-order valence-corrected chi connectivity index (χ3v) is 3.82. The molecule has 0 radical (unpaired) electrons. The zero-order valence-corrected chi connectivity index (χ0v) is 11.0. The van der Waals surface area contributed by atoms with Crippen LogP contribution in [0.1, 0.15) is 56.4 Å². The molecule has 1 nitrogen and oxygen atoms in total. The minimum atomic E-state index is 0.597. The predicted molar refractivity (Wildman–Crippen MR) is 69.0 cm³/mol. The van der Waals surface area contributed by atoms with E-state index in [1.54, 1.807) is 11.3 Å². The maximum absolute atomic E-state index is 5.83. The number of alkyl halides is 1. The Labute approximate surface area is 102 Å². The van der Waals surface area contributed by atoms with E-state index >= 15 is 0 Å². The average Bonchev–Trinajstić information content (AvgIpc) is 2.76. The summed E-state index contributed by atoms with van der Waals surface area (Å²) in [5, 5.41) is 3.33. The molecule has 0 fully saturated rings. The molecular formula is C12H20ClNS. The van der Waals surface area contributed by atoms with Gasteiger partial charge < -0.3 is 0 Å². The fourth-order valence-corrected chi connectivity index (χ4v) is 2.85. The first-order chi connectivity index (χ1) is 7.38. The van der Waals surface area contributed by atoms with Crippen molar-refractivity contribution < 1.29 is 0 Å². The lowest BCUT2D eigenvalue weighted by Gasteiger charge is -2.12. The van der Waals surface area contributed by atoms with E-state index < -0.39 is 0 Å². The van der Waals surface area contributed by atoms with E-state index in [1.165, 1.54) is 37.1 Å². The summed E-state index contributed by atoms with van der Waals surface area (Å²) in [5.41, 5.74) is 0. The van der Waals surface area contributed by atoms with Gasteiger partial charge in [-0.25, -0.2) is 4.98 Å². The normalized spacial score (nSPS) is 12.9. The average molecular weight is 246 g/mol. The Hall–Kier alpha value is -0.0800. The van der Waals surface area contributed by atoms with Crippen molar-refractivity contribution in [3.05, 3.63) is 16.6 Å². The molecule has 1 aromatic heterocycles. The summed E-state index contributed by atoms with van der Waals surface area (Å²) in [5.74, 6) is 1.34. The number of aromatic nitrogens is 1. The smallest absolute Gasteiger partial charge is 0.0956 e. The number of hydrogen-bond donors (Lipinski definition) is 0. The fraction of sp³-hybridized carbons (Fsp3) is 0.750. The van der Waals surface area contributed by atoms with Gasteiger partial charge in [-0.15, -0.1) is 22.9 Å². The van der Waals surface area contributed by atoms with Crippen LogP contribution in [0.4, 0.5) is 0 Å². The summed E-state index contributed by atoms with van der Waals surface area (Å²) < 4.78 is 0. The van der Waals surface area contributed by atoms with E-state index in [2.05, 4.69) is 17.3 Å². The van der Waals surface area contributed by atoms with Crippen LogP contribution in [0.3, 0.4) is 0 Å². The predicted octanol–water partition coefficient (Wildman–Crippen LogP) is 4.83. The van der Waals surface area contributed by atoms with E-state index in [1.807, 2.05) is 6.20 Å². The number of thiazole rings is 1. The molecule has 0 aliphatic rings. The van der Waals surface area contributed by atoms with Crippen LogP contribution in [0.15, 0.2) is 11.6 Å². The molecule has 0 N–H and O–H groups in total. The Morgan fingerprint density at radius 3 is 2.80 bits per heavy atom. The Balaban J connectivity index is 2.31. The van der Waals surface area contributed by atoms with E-state index in [9.17, 15) is 0 Å². The van der Waals surface area contributed by atoms with E-state index in [0.29, 0.717) is 5.92 Å². The van der Waals surface area contributed by atoms with Gasteiger partial charge in [-0.2, -0.15) is 0 Å². The van der Waals surface area contributed by atoms with Gasteiger partial charge in [0.05, 0.1) is 5.01 Å². The molecule has 0 bridgehead atoms.